The average molecular weight is 211 g/mol. The van der Waals surface area contributed by atoms with Gasteiger partial charge in [-0.2, -0.15) is 0 Å². The fourth-order valence-electron chi connectivity index (χ4n) is 1.72. The Bertz CT molecular complexity index is 302. The number of aryl methyl sites for hydroxylation is 2. The minimum atomic E-state index is -0.455. The number of ether oxygens (including phenoxy) is 1. The molecule has 0 amide bonds. The van der Waals surface area contributed by atoms with Crippen molar-refractivity contribution in [3.8, 4) is 5.75 Å². The summed E-state index contributed by atoms with van der Waals surface area (Å²) < 4.78 is 17.3. The van der Waals surface area contributed by atoms with Crippen molar-refractivity contribution < 1.29 is 9.13 Å². The normalized spacial score (nSPS) is 10.4. The highest BCUT2D eigenvalue weighted by Crippen LogP contribution is 2.24. The first-order chi connectivity index (χ1) is 7.19. The molecule has 1 aromatic carbocycles. The number of hydrogen-bond acceptors (Lipinski definition) is 2. The fraction of sp³-hybridized carbons (Fsp3) is 0.500. The minimum Gasteiger partial charge on any atom is -0.490 e. The molecule has 84 valence electrons. The SMILES string of the molecule is Cc1cc(CCN)cc(C)c1OCCF. The van der Waals surface area contributed by atoms with Crippen molar-refractivity contribution >= 4 is 0 Å². The van der Waals surface area contributed by atoms with Gasteiger partial charge in [-0.15, -0.1) is 0 Å². The van der Waals surface area contributed by atoms with Gasteiger partial charge in [-0.3, -0.25) is 0 Å². The smallest absolute Gasteiger partial charge is 0.125 e. The van der Waals surface area contributed by atoms with E-state index in [2.05, 4.69) is 0 Å². The van der Waals surface area contributed by atoms with Crippen LogP contribution in [0, 0.1) is 13.8 Å². The molecule has 0 heterocycles. The van der Waals surface area contributed by atoms with Gasteiger partial charge in [0.25, 0.3) is 0 Å². The molecule has 1 aromatic rings. The van der Waals surface area contributed by atoms with Crippen molar-refractivity contribution in [3.63, 3.8) is 0 Å². The van der Waals surface area contributed by atoms with E-state index in [1.54, 1.807) is 0 Å². The Labute approximate surface area is 90.2 Å². The van der Waals surface area contributed by atoms with E-state index in [-0.39, 0.29) is 6.61 Å². The predicted molar refractivity (Wildman–Crippen MR) is 60.1 cm³/mol. The third-order valence-electron chi connectivity index (χ3n) is 2.28. The zero-order valence-corrected chi connectivity index (χ0v) is 9.35. The van der Waals surface area contributed by atoms with E-state index in [4.69, 9.17) is 10.5 Å². The van der Waals surface area contributed by atoms with Crippen LogP contribution in [0.15, 0.2) is 12.1 Å². The van der Waals surface area contributed by atoms with E-state index in [1.165, 1.54) is 5.56 Å². The molecular formula is C12H18FNO. The first-order valence-electron chi connectivity index (χ1n) is 5.18. The van der Waals surface area contributed by atoms with Crippen LogP contribution in [-0.4, -0.2) is 19.8 Å². The highest BCUT2D eigenvalue weighted by molar-refractivity contribution is 5.43. The zero-order chi connectivity index (χ0) is 11.3. The number of nitrogens with two attached hydrogens (primary N) is 1. The second-order valence-corrected chi connectivity index (χ2v) is 3.63. The Kier molecular flexibility index (Phi) is 4.56. The topological polar surface area (TPSA) is 35.2 Å². The van der Waals surface area contributed by atoms with Crippen LogP contribution in [0.5, 0.6) is 5.75 Å². The quantitative estimate of drug-likeness (QED) is 0.810. The van der Waals surface area contributed by atoms with Gasteiger partial charge in [0.2, 0.25) is 0 Å². The molecule has 15 heavy (non-hydrogen) atoms. The van der Waals surface area contributed by atoms with Gasteiger partial charge in [0.15, 0.2) is 0 Å². The maximum absolute atomic E-state index is 12.0. The summed E-state index contributed by atoms with van der Waals surface area (Å²) in [6.45, 7) is 4.26. The molecule has 1 rings (SSSR count). The van der Waals surface area contributed by atoms with Crippen LogP contribution < -0.4 is 10.5 Å². The molecule has 2 N–H and O–H groups in total. The van der Waals surface area contributed by atoms with Crippen molar-refractivity contribution in [2.75, 3.05) is 19.8 Å². The van der Waals surface area contributed by atoms with Crippen LogP contribution in [0.3, 0.4) is 0 Å². The van der Waals surface area contributed by atoms with Gasteiger partial charge >= 0.3 is 0 Å². The molecule has 0 aromatic heterocycles. The van der Waals surface area contributed by atoms with Crippen molar-refractivity contribution in [1.29, 1.82) is 0 Å². The Morgan fingerprint density at radius 1 is 1.27 bits per heavy atom. The highest BCUT2D eigenvalue weighted by atomic mass is 19.1. The highest BCUT2D eigenvalue weighted by Gasteiger charge is 2.05. The standard InChI is InChI=1S/C12H18FNO/c1-9-7-11(3-5-14)8-10(2)12(9)15-6-4-13/h7-8H,3-6,14H2,1-2H3. The predicted octanol–water partition coefficient (Wildman–Crippen LogP) is 2.15. The summed E-state index contributed by atoms with van der Waals surface area (Å²) in [6, 6.07) is 4.10. The van der Waals surface area contributed by atoms with Crippen LogP contribution in [0.2, 0.25) is 0 Å². The molecule has 0 saturated heterocycles. The van der Waals surface area contributed by atoms with Crippen LogP contribution >= 0.6 is 0 Å². The molecule has 3 heteroatoms. The maximum atomic E-state index is 12.0. The van der Waals surface area contributed by atoms with Gasteiger partial charge in [0.05, 0.1) is 0 Å². The van der Waals surface area contributed by atoms with Crippen molar-refractivity contribution in [3.05, 3.63) is 28.8 Å². The molecular weight excluding hydrogens is 193 g/mol. The molecule has 0 aliphatic rings. The van der Waals surface area contributed by atoms with Gasteiger partial charge in [-0.05, 0) is 43.5 Å². The van der Waals surface area contributed by atoms with E-state index < -0.39 is 6.67 Å². The summed E-state index contributed by atoms with van der Waals surface area (Å²) in [5.74, 6) is 0.799. The molecule has 0 spiro atoms. The average Bonchev–Trinajstić information content (AvgIpc) is 2.17. The van der Waals surface area contributed by atoms with E-state index >= 15 is 0 Å². The summed E-state index contributed by atoms with van der Waals surface area (Å²) in [4.78, 5) is 0. The first kappa shape index (κ1) is 12.0. The number of alkyl halides is 1. The first-order valence-corrected chi connectivity index (χ1v) is 5.18. The lowest BCUT2D eigenvalue weighted by Crippen LogP contribution is -2.05. The van der Waals surface area contributed by atoms with Gasteiger partial charge in [0, 0.05) is 0 Å². The van der Waals surface area contributed by atoms with Gasteiger partial charge < -0.3 is 10.5 Å². The largest absolute Gasteiger partial charge is 0.490 e. The van der Waals surface area contributed by atoms with E-state index in [0.29, 0.717) is 6.54 Å². The minimum absolute atomic E-state index is 0.123. The number of rotatable bonds is 5. The summed E-state index contributed by atoms with van der Waals surface area (Å²) in [5, 5.41) is 0. The van der Waals surface area contributed by atoms with Gasteiger partial charge in [-0.1, -0.05) is 12.1 Å². The number of halogens is 1. The summed E-state index contributed by atoms with van der Waals surface area (Å²) in [5.41, 5.74) is 8.80. The Balaban J connectivity index is 2.88. The van der Waals surface area contributed by atoms with Crippen LogP contribution in [-0.2, 0) is 6.42 Å². The van der Waals surface area contributed by atoms with E-state index in [9.17, 15) is 4.39 Å². The Morgan fingerprint density at radius 3 is 2.33 bits per heavy atom. The molecule has 0 fully saturated rings. The molecule has 0 atom stereocenters. The van der Waals surface area contributed by atoms with Crippen molar-refractivity contribution in [2.24, 2.45) is 5.73 Å². The number of benzene rings is 1. The third-order valence-corrected chi connectivity index (χ3v) is 2.28. The molecule has 0 saturated carbocycles. The third kappa shape index (κ3) is 3.20. The molecule has 0 aliphatic carbocycles. The van der Waals surface area contributed by atoms with E-state index in [1.807, 2.05) is 26.0 Å². The summed E-state index contributed by atoms with van der Waals surface area (Å²) >= 11 is 0. The second kappa shape index (κ2) is 5.71. The second-order valence-electron chi connectivity index (χ2n) is 3.63. The Hall–Kier alpha value is -1.09. The maximum Gasteiger partial charge on any atom is 0.125 e. The van der Waals surface area contributed by atoms with Crippen LogP contribution in [0.1, 0.15) is 16.7 Å². The molecule has 2 nitrogen and oxygen atoms in total. The molecule has 0 unspecified atom stereocenters. The van der Waals surface area contributed by atoms with Gasteiger partial charge in [-0.25, -0.2) is 4.39 Å². The lowest BCUT2D eigenvalue weighted by Gasteiger charge is -2.12. The van der Waals surface area contributed by atoms with E-state index in [0.717, 1.165) is 23.3 Å². The number of hydrogen-bond donors (Lipinski definition) is 1. The summed E-state index contributed by atoms with van der Waals surface area (Å²) in [7, 11) is 0. The van der Waals surface area contributed by atoms with Crippen LogP contribution in [0.25, 0.3) is 0 Å². The van der Waals surface area contributed by atoms with Gasteiger partial charge in [0.1, 0.15) is 19.0 Å². The Morgan fingerprint density at radius 2 is 1.87 bits per heavy atom. The van der Waals surface area contributed by atoms with Crippen molar-refractivity contribution in [2.45, 2.75) is 20.3 Å². The fourth-order valence-corrected chi connectivity index (χ4v) is 1.72. The van der Waals surface area contributed by atoms with Crippen molar-refractivity contribution in [1.82, 2.24) is 0 Å². The monoisotopic (exact) mass is 211 g/mol. The molecule has 0 bridgehead atoms. The molecule has 0 aliphatic heterocycles. The van der Waals surface area contributed by atoms with Crippen LogP contribution in [0.4, 0.5) is 4.39 Å². The summed E-state index contributed by atoms with van der Waals surface area (Å²) in [6.07, 6.45) is 0.866. The lowest BCUT2D eigenvalue weighted by molar-refractivity contribution is 0.270. The zero-order valence-electron chi connectivity index (χ0n) is 9.35. The molecule has 0 radical (unpaired) electrons. The lowest BCUT2D eigenvalue weighted by atomic mass is 10.0.